The SMILES string of the molecule is C=C1C(=O)O[C@@H]2/C=C(/C)C(OC(C)=O)C[C@H](O)/C(C)=C\C(OC(=O)[C@]3(C)O[C@@H]3C)[C@@H]12. The molecule has 0 aromatic rings. The minimum Gasteiger partial charge on any atom is -0.458 e. The van der Waals surface area contributed by atoms with Gasteiger partial charge in [-0.3, -0.25) is 4.79 Å². The normalized spacial score (nSPS) is 42.1. The zero-order valence-electron chi connectivity index (χ0n) is 17.8. The molecular formula is C22H28O8. The van der Waals surface area contributed by atoms with E-state index in [1.165, 1.54) is 6.92 Å². The molecule has 0 spiro atoms. The lowest BCUT2D eigenvalue weighted by atomic mass is 9.85. The number of aliphatic hydroxyl groups excluding tert-OH is 1. The van der Waals surface area contributed by atoms with Crippen molar-refractivity contribution in [3.05, 3.63) is 35.5 Å². The highest BCUT2D eigenvalue weighted by Crippen LogP contribution is 2.40. The molecule has 2 saturated heterocycles. The summed E-state index contributed by atoms with van der Waals surface area (Å²) in [6, 6.07) is 0. The maximum Gasteiger partial charge on any atom is 0.341 e. The van der Waals surface area contributed by atoms with Gasteiger partial charge in [-0.2, -0.15) is 0 Å². The lowest BCUT2D eigenvalue weighted by molar-refractivity contribution is -0.155. The van der Waals surface area contributed by atoms with E-state index in [0.29, 0.717) is 11.1 Å². The highest BCUT2D eigenvalue weighted by molar-refractivity contribution is 5.91. The van der Waals surface area contributed by atoms with Gasteiger partial charge in [-0.1, -0.05) is 6.58 Å². The summed E-state index contributed by atoms with van der Waals surface area (Å²) in [7, 11) is 0. The van der Waals surface area contributed by atoms with Crippen LogP contribution in [0.15, 0.2) is 35.5 Å². The van der Waals surface area contributed by atoms with Crippen LogP contribution in [0.3, 0.4) is 0 Å². The zero-order valence-corrected chi connectivity index (χ0v) is 17.8. The van der Waals surface area contributed by atoms with Crippen molar-refractivity contribution in [3.63, 3.8) is 0 Å². The lowest BCUT2D eigenvalue weighted by Crippen LogP contribution is -2.37. The fourth-order valence-corrected chi connectivity index (χ4v) is 3.78. The van der Waals surface area contributed by atoms with Crippen molar-refractivity contribution in [2.24, 2.45) is 5.92 Å². The molecule has 0 radical (unpaired) electrons. The molecule has 3 aliphatic rings. The van der Waals surface area contributed by atoms with Gasteiger partial charge in [-0.05, 0) is 51.0 Å². The van der Waals surface area contributed by atoms with Crippen molar-refractivity contribution >= 4 is 17.9 Å². The molecule has 3 rings (SSSR count). The van der Waals surface area contributed by atoms with E-state index in [0.717, 1.165) is 0 Å². The van der Waals surface area contributed by atoms with Crippen LogP contribution in [0.4, 0.5) is 0 Å². The molecule has 164 valence electrons. The third-order valence-corrected chi connectivity index (χ3v) is 6.04. The molecule has 7 atom stereocenters. The first-order valence-electron chi connectivity index (χ1n) is 9.94. The Morgan fingerprint density at radius 3 is 2.43 bits per heavy atom. The zero-order chi connectivity index (χ0) is 22.4. The Kier molecular flexibility index (Phi) is 5.93. The second-order valence-electron chi connectivity index (χ2n) is 8.33. The van der Waals surface area contributed by atoms with E-state index in [1.54, 1.807) is 39.8 Å². The largest absolute Gasteiger partial charge is 0.458 e. The minimum absolute atomic E-state index is 0.120. The molecule has 0 aromatic heterocycles. The summed E-state index contributed by atoms with van der Waals surface area (Å²) in [5, 5.41) is 10.7. The summed E-state index contributed by atoms with van der Waals surface area (Å²) in [5.41, 5.74) is 0.260. The number of carbonyl (C=O) groups excluding carboxylic acids is 3. The Labute approximate surface area is 175 Å². The predicted molar refractivity (Wildman–Crippen MR) is 105 cm³/mol. The number of epoxide rings is 1. The van der Waals surface area contributed by atoms with Crippen molar-refractivity contribution in [1.29, 1.82) is 0 Å². The third kappa shape index (κ3) is 4.20. The maximum absolute atomic E-state index is 12.7. The fraction of sp³-hybridized carbons (Fsp3) is 0.591. The number of esters is 3. The van der Waals surface area contributed by atoms with Gasteiger partial charge in [0.2, 0.25) is 0 Å². The van der Waals surface area contributed by atoms with Crippen LogP contribution in [0.2, 0.25) is 0 Å². The summed E-state index contributed by atoms with van der Waals surface area (Å²) in [6.45, 7) is 11.9. The second-order valence-corrected chi connectivity index (χ2v) is 8.33. The van der Waals surface area contributed by atoms with Crippen LogP contribution in [0.5, 0.6) is 0 Å². The molecule has 0 aromatic carbocycles. The van der Waals surface area contributed by atoms with Gasteiger partial charge in [-0.25, -0.2) is 9.59 Å². The van der Waals surface area contributed by atoms with Crippen molar-refractivity contribution in [1.82, 2.24) is 0 Å². The summed E-state index contributed by atoms with van der Waals surface area (Å²) in [4.78, 5) is 36.5. The van der Waals surface area contributed by atoms with Gasteiger partial charge in [0.1, 0.15) is 18.3 Å². The van der Waals surface area contributed by atoms with Crippen molar-refractivity contribution < 1.29 is 38.4 Å². The number of hydrogen-bond donors (Lipinski definition) is 1. The molecule has 1 N–H and O–H groups in total. The average Bonchev–Trinajstić information content (AvgIpc) is 3.17. The molecule has 0 saturated carbocycles. The first-order valence-corrected chi connectivity index (χ1v) is 9.94. The number of ether oxygens (including phenoxy) is 4. The molecular weight excluding hydrogens is 392 g/mol. The van der Waals surface area contributed by atoms with Crippen molar-refractivity contribution in [2.75, 3.05) is 0 Å². The average molecular weight is 420 g/mol. The highest BCUT2D eigenvalue weighted by atomic mass is 16.7. The molecule has 0 amide bonds. The van der Waals surface area contributed by atoms with E-state index in [4.69, 9.17) is 18.9 Å². The van der Waals surface area contributed by atoms with Crippen LogP contribution in [0.25, 0.3) is 0 Å². The van der Waals surface area contributed by atoms with Crippen LogP contribution >= 0.6 is 0 Å². The quantitative estimate of drug-likeness (QED) is 0.242. The number of hydrogen-bond acceptors (Lipinski definition) is 8. The third-order valence-electron chi connectivity index (χ3n) is 6.04. The number of rotatable bonds is 3. The van der Waals surface area contributed by atoms with Crippen LogP contribution in [0, 0.1) is 5.92 Å². The highest BCUT2D eigenvalue weighted by Gasteiger charge is 2.58. The summed E-state index contributed by atoms with van der Waals surface area (Å²) >= 11 is 0. The Hall–Kier alpha value is -2.45. The Bertz CT molecular complexity index is 840. The fourth-order valence-electron chi connectivity index (χ4n) is 3.78. The molecule has 2 heterocycles. The van der Waals surface area contributed by atoms with E-state index in [1.807, 2.05) is 0 Å². The summed E-state index contributed by atoms with van der Waals surface area (Å²) < 4.78 is 21.9. The Morgan fingerprint density at radius 2 is 1.87 bits per heavy atom. The summed E-state index contributed by atoms with van der Waals surface area (Å²) in [5.74, 6) is -2.32. The van der Waals surface area contributed by atoms with E-state index in [9.17, 15) is 19.5 Å². The molecule has 30 heavy (non-hydrogen) atoms. The molecule has 8 heteroatoms. The van der Waals surface area contributed by atoms with Gasteiger partial charge < -0.3 is 24.1 Å². The topological polar surface area (TPSA) is 112 Å². The van der Waals surface area contributed by atoms with Gasteiger partial charge in [0, 0.05) is 18.9 Å². The Morgan fingerprint density at radius 1 is 1.23 bits per heavy atom. The van der Waals surface area contributed by atoms with Crippen molar-refractivity contribution in [2.45, 2.75) is 77.2 Å². The first kappa shape index (κ1) is 22.2. The van der Waals surface area contributed by atoms with E-state index in [2.05, 4.69) is 6.58 Å². The Balaban J connectivity index is 1.99. The molecule has 1 aliphatic carbocycles. The van der Waals surface area contributed by atoms with Gasteiger partial charge in [-0.15, -0.1) is 0 Å². The predicted octanol–water partition coefficient (Wildman–Crippen LogP) is 1.76. The maximum atomic E-state index is 12.7. The number of fused-ring (bicyclic) bond motifs is 1. The van der Waals surface area contributed by atoms with E-state index in [-0.39, 0.29) is 18.1 Å². The molecule has 2 fully saturated rings. The van der Waals surface area contributed by atoms with Gasteiger partial charge in [0.25, 0.3) is 0 Å². The van der Waals surface area contributed by atoms with Crippen LogP contribution < -0.4 is 0 Å². The van der Waals surface area contributed by atoms with Gasteiger partial charge >= 0.3 is 17.9 Å². The molecule has 8 nitrogen and oxygen atoms in total. The standard InChI is InChI=1S/C22H28O8/c1-10-7-18(29-21(26)22(6)13(4)30-22)19-12(3)20(25)28-17(19)8-11(2)16(9-15(10)24)27-14(5)23/h7-8,13,15-19,24H,3,9H2,1-2,4-6H3/b10-7-,11-8-/t13-,15+,16?,17-,18?,19+,22-/m1/s1. The van der Waals surface area contributed by atoms with Crippen molar-refractivity contribution in [3.8, 4) is 0 Å². The smallest absolute Gasteiger partial charge is 0.341 e. The molecule has 2 unspecified atom stereocenters. The number of aliphatic hydroxyl groups is 1. The van der Waals surface area contributed by atoms with E-state index < -0.39 is 53.8 Å². The van der Waals surface area contributed by atoms with Gasteiger partial charge in [0.15, 0.2) is 5.60 Å². The van der Waals surface area contributed by atoms with Gasteiger partial charge in [0.05, 0.1) is 18.1 Å². The second kappa shape index (κ2) is 8.00. The van der Waals surface area contributed by atoms with Crippen LogP contribution in [0.1, 0.15) is 41.0 Å². The minimum atomic E-state index is -1.04. The lowest BCUT2D eigenvalue weighted by Gasteiger charge is -2.29. The van der Waals surface area contributed by atoms with Crippen LogP contribution in [-0.2, 0) is 33.3 Å². The van der Waals surface area contributed by atoms with E-state index >= 15 is 0 Å². The summed E-state index contributed by atoms with van der Waals surface area (Å²) in [6.07, 6.45) is -0.176. The molecule has 2 aliphatic heterocycles. The molecule has 0 bridgehead atoms. The van der Waals surface area contributed by atoms with Crippen LogP contribution in [-0.4, -0.2) is 59.1 Å². The number of carbonyl (C=O) groups is 3. The monoisotopic (exact) mass is 420 g/mol. The first-order chi connectivity index (χ1) is 13.9.